The van der Waals surface area contributed by atoms with E-state index in [0.29, 0.717) is 6.42 Å². The Bertz CT molecular complexity index is 505. The van der Waals surface area contributed by atoms with Crippen LogP contribution in [0.2, 0.25) is 13.1 Å². The highest BCUT2D eigenvalue weighted by molar-refractivity contribution is 6.84. The monoisotopic (exact) mass is 354 g/mol. The summed E-state index contributed by atoms with van der Waals surface area (Å²) in [6.07, 6.45) is 6.08. The lowest BCUT2D eigenvalue weighted by atomic mass is 10.1. The highest BCUT2D eigenvalue weighted by atomic mass is 28.4. The molecule has 132 valence electrons. The maximum Gasteiger partial charge on any atom is 0.224 e. The molecule has 0 bridgehead atoms. The molecule has 0 aliphatic heterocycles. The highest BCUT2D eigenvalue weighted by Gasteiger charge is 2.37. The minimum absolute atomic E-state index is 0.255. The Labute approximate surface area is 135 Å². The smallest absolute Gasteiger partial charge is 0.224 e. The first-order valence-electron chi connectivity index (χ1n) is 7.89. The van der Waals surface area contributed by atoms with Gasteiger partial charge in [0.1, 0.15) is 0 Å². The van der Waals surface area contributed by atoms with E-state index in [1.165, 1.54) is 13.1 Å². The van der Waals surface area contributed by atoms with E-state index in [-0.39, 0.29) is 6.61 Å². The normalized spacial score (nSPS) is 12.0. The van der Waals surface area contributed by atoms with Gasteiger partial charge in [-0.25, -0.2) is 22.0 Å². The average Bonchev–Trinajstić information content (AvgIpc) is 2.50. The Balaban J connectivity index is 2.74. The molecule has 0 aliphatic carbocycles. The topological polar surface area (TPSA) is 9.23 Å². The third-order valence-corrected chi connectivity index (χ3v) is 6.34. The van der Waals surface area contributed by atoms with E-state index in [4.69, 9.17) is 4.43 Å². The van der Waals surface area contributed by atoms with Crippen LogP contribution in [0.4, 0.5) is 22.0 Å². The molecule has 0 aromatic heterocycles. The Morgan fingerprint density at radius 3 is 1.65 bits per heavy atom. The van der Waals surface area contributed by atoms with Crippen LogP contribution < -0.4 is 5.19 Å². The van der Waals surface area contributed by atoms with Crippen LogP contribution in [0.1, 0.15) is 45.4 Å². The summed E-state index contributed by atoms with van der Waals surface area (Å²) in [5.41, 5.74) is 0. The molecular formula is C16H23F5OSi. The zero-order chi connectivity index (χ0) is 17.6. The van der Waals surface area contributed by atoms with Crippen molar-refractivity contribution >= 4 is 13.5 Å². The molecule has 0 amide bonds. The molecule has 0 heterocycles. The van der Waals surface area contributed by atoms with E-state index in [9.17, 15) is 22.0 Å². The van der Waals surface area contributed by atoms with Gasteiger partial charge < -0.3 is 4.43 Å². The molecule has 0 aliphatic rings. The standard InChI is InChI=1S/C16H23F5OSi/c1-4-5-6-7-8-9-10-22-23(2,3)16-14(20)12(18)11(17)13(19)15(16)21/h4-10H2,1-3H3. The molecule has 0 atom stereocenters. The maximum atomic E-state index is 13.8. The molecule has 0 unspecified atom stereocenters. The van der Waals surface area contributed by atoms with Crippen molar-refractivity contribution in [1.82, 2.24) is 0 Å². The highest BCUT2D eigenvalue weighted by Crippen LogP contribution is 2.20. The fourth-order valence-electron chi connectivity index (χ4n) is 2.42. The van der Waals surface area contributed by atoms with Crippen molar-refractivity contribution < 1.29 is 26.4 Å². The molecule has 1 aromatic carbocycles. The van der Waals surface area contributed by atoms with Gasteiger partial charge in [0.05, 0.1) is 0 Å². The first-order valence-corrected chi connectivity index (χ1v) is 10.8. The maximum absolute atomic E-state index is 13.8. The van der Waals surface area contributed by atoms with E-state index < -0.39 is 42.6 Å². The Kier molecular flexibility index (Phi) is 7.67. The third-order valence-electron chi connectivity index (χ3n) is 3.77. The first-order chi connectivity index (χ1) is 10.7. The van der Waals surface area contributed by atoms with Gasteiger partial charge in [-0.15, -0.1) is 0 Å². The van der Waals surface area contributed by atoms with Crippen LogP contribution in [0.15, 0.2) is 0 Å². The fourth-order valence-corrected chi connectivity index (χ4v) is 4.49. The van der Waals surface area contributed by atoms with Crippen molar-refractivity contribution in [3.05, 3.63) is 29.1 Å². The van der Waals surface area contributed by atoms with Crippen molar-refractivity contribution in [3.8, 4) is 0 Å². The van der Waals surface area contributed by atoms with Crippen LogP contribution >= 0.6 is 0 Å². The summed E-state index contributed by atoms with van der Waals surface area (Å²) in [5.74, 6) is -9.52. The van der Waals surface area contributed by atoms with Gasteiger partial charge in [0, 0.05) is 11.8 Å². The van der Waals surface area contributed by atoms with Gasteiger partial charge in [0.15, 0.2) is 23.3 Å². The summed E-state index contributed by atoms with van der Waals surface area (Å²) in [6.45, 7) is 5.23. The van der Waals surface area contributed by atoms with Crippen molar-refractivity contribution in [1.29, 1.82) is 0 Å². The number of halogens is 5. The summed E-state index contributed by atoms with van der Waals surface area (Å²) in [7, 11) is -3.23. The van der Waals surface area contributed by atoms with Gasteiger partial charge in [0.2, 0.25) is 14.1 Å². The van der Waals surface area contributed by atoms with Crippen molar-refractivity contribution in [2.75, 3.05) is 6.61 Å². The number of rotatable bonds is 9. The van der Waals surface area contributed by atoms with E-state index in [1.807, 2.05) is 0 Å². The largest absolute Gasteiger partial charge is 0.413 e. The molecule has 0 saturated heterocycles. The van der Waals surface area contributed by atoms with Gasteiger partial charge in [-0.1, -0.05) is 39.0 Å². The summed E-state index contributed by atoms with van der Waals surface area (Å²) in [4.78, 5) is 0. The van der Waals surface area contributed by atoms with Crippen LogP contribution in [0.5, 0.6) is 0 Å². The second-order valence-electron chi connectivity index (χ2n) is 6.07. The number of unbranched alkanes of at least 4 members (excludes halogenated alkanes) is 5. The molecule has 0 spiro atoms. The molecular weight excluding hydrogens is 331 g/mol. The van der Waals surface area contributed by atoms with Crippen molar-refractivity contribution in [3.63, 3.8) is 0 Å². The molecule has 0 fully saturated rings. The van der Waals surface area contributed by atoms with Crippen LogP contribution in [-0.2, 0) is 4.43 Å². The molecule has 0 saturated carbocycles. The molecule has 0 N–H and O–H groups in total. The van der Waals surface area contributed by atoms with Crippen LogP contribution in [0.3, 0.4) is 0 Å². The first kappa shape index (κ1) is 20.1. The third kappa shape index (κ3) is 5.01. The van der Waals surface area contributed by atoms with Gasteiger partial charge in [-0.05, 0) is 19.5 Å². The predicted octanol–water partition coefficient (Wildman–Crippen LogP) is 5.17. The SMILES string of the molecule is CCCCCCCCO[Si](C)(C)c1c(F)c(F)c(F)c(F)c1F. The molecule has 1 aromatic rings. The molecule has 0 radical (unpaired) electrons. The van der Waals surface area contributed by atoms with E-state index in [0.717, 1.165) is 32.1 Å². The Morgan fingerprint density at radius 2 is 1.13 bits per heavy atom. The number of benzene rings is 1. The minimum atomic E-state index is -3.23. The van der Waals surface area contributed by atoms with Crippen LogP contribution in [0.25, 0.3) is 0 Å². The zero-order valence-corrected chi connectivity index (χ0v) is 14.7. The van der Waals surface area contributed by atoms with E-state index >= 15 is 0 Å². The van der Waals surface area contributed by atoms with Gasteiger partial charge in [0.25, 0.3) is 0 Å². The molecule has 1 nitrogen and oxygen atoms in total. The van der Waals surface area contributed by atoms with E-state index in [1.54, 1.807) is 0 Å². The summed E-state index contributed by atoms with van der Waals surface area (Å²) >= 11 is 0. The molecule has 23 heavy (non-hydrogen) atoms. The van der Waals surface area contributed by atoms with Crippen LogP contribution in [-0.4, -0.2) is 14.9 Å². The predicted molar refractivity (Wildman–Crippen MR) is 82.7 cm³/mol. The lowest BCUT2D eigenvalue weighted by molar-refractivity contribution is 0.298. The lowest BCUT2D eigenvalue weighted by Crippen LogP contribution is -2.50. The lowest BCUT2D eigenvalue weighted by Gasteiger charge is -2.24. The molecule has 7 heteroatoms. The molecule has 1 rings (SSSR count). The van der Waals surface area contributed by atoms with Gasteiger partial charge in [-0.3, -0.25) is 0 Å². The minimum Gasteiger partial charge on any atom is -0.413 e. The van der Waals surface area contributed by atoms with E-state index in [2.05, 4.69) is 6.92 Å². The van der Waals surface area contributed by atoms with Gasteiger partial charge >= 0.3 is 0 Å². The van der Waals surface area contributed by atoms with Gasteiger partial charge in [-0.2, -0.15) is 0 Å². The van der Waals surface area contributed by atoms with Crippen molar-refractivity contribution in [2.24, 2.45) is 0 Å². The summed E-state index contributed by atoms with van der Waals surface area (Å²) < 4.78 is 72.9. The van der Waals surface area contributed by atoms with Crippen LogP contribution in [0, 0.1) is 29.1 Å². The Hall–Kier alpha value is -0.953. The quantitative estimate of drug-likeness (QED) is 0.195. The zero-order valence-electron chi connectivity index (χ0n) is 13.7. The second-order valence-corrected chi connectivity index (χ2v) is 9.88. The number of hydrogen-bond donors (Lipinski definition) is 0. The second kappa shape index (κ2) is 8.77. The number of hydrogen-bond acceptors (Lipinski definition) is 1. The fraction of sp³-hybridized carbons (Fsp3) is 0.625. The summed E-state index contributed by atoms with van der Waals surface area (Å²) in [5, 5.41) is -0.792. The summed E-state index contributed by atoms with van der Waals surface area (Å²) in [6, 6.07) is 0. The van der Waals surface area contributed by atoms with Crippen molar-refractivity contribution in [2.45, 2.75) is 58.5 Å². The average molecular weight is 354 g/mol. The Morgan fingerprint density at radius 1 is 0.696 bits per heavy atom.